The fourth-order valence-electron chi connectivity index (χ4n) is 1.49. The molecule has 0 amide bonds. The maximum absolute atomic E-state index is 5.48. The van der Waals surface area contributed by atoms with Crippen LogP contribution in [0.15, 0.2) is 40.4 Å². The van der Waals surface area contributed by atoms with Crippen molar-refractivity contribution < 1.29 is 4.42 Å². The summed E-state index contributed by atoms with van der Waals surface area (Å²) in [6, 6.07) is 7.78. The fourth-order valence-corrected chi connectivity index (χ4v) is 2.48. The molecule has 0 unspecified atom stereocenters. The lowest BCUT2D eigenvalue weighted by atomic mass is 10.3. The van der Waals surface area contributed by atoms with Crippen LogP contribution in [-0.4, -0.2) is 9.55 Å². The number of benzene rings is 1. The maximum atomic E-state index is 5.48. The summed E-state index contributed by atoms with van der Waals surface area (Å²) in [5.41, 5.74) is 3.56. The van der Waals surface area contributed by atoms with Crippen molar-refractivity contribution in [3.05, 3.63) is 40.8 Å². The van der Waals surface area contributed by atoms with Crippen molar-refractivity contribution in [2.75, 3.05) is 0 Å². The highest BCUT2D eigenvalue weighted by Crippen LogP contribution is 2.23. The molecule has 3 nitrogen and oxygen atoms in total. The van der Waals surface area contributed by atoms with Crippen LogP contribution in [0.3, 0.4) is 0 Å². The first-order chi connectivity index (χ1) is 7.36. The summed E-state index contributed by atoms with van der Waals surface area (Å²) in [5.74, 6) is 0. The predicted molar refractivity (Wildman–Crippen MR) is 62.0 cm³/mol. The lowest BCUT2D eigenvalue weighted by molar-refractivity contribution is 0.571. The Morgan fingerprint density at radius 1 is 1.33 bits per heavy atom. The first-order valence-corrected chi connectivity index (χ1v) is 5.64. The molecule has 0 saturated heterocycles. The Morgan fingerprint density at radius 3 is 3.00 bits per heavy atom. The molecule has 0 aliphatic rings. The molecular weight excluding hydrogens is 228 g/mol. The third-order valence-corrected chi connectivity index (χ3v) is 3.15. The minimum absolute atomic E-state index is 0.459. The quantitative estimate of drug-likeness (QED) is 0.604. The molecule has 3 aromatic rings. The molecule has 0 aliphatic carbocycles. The van der Waals surface area contributed by atoms with Crippen LogP contribution in [0.1, 0.15) is 0 Å². The maximum Gasteiger partial charge on any atom is 0.275 e. The monoisotopic (exact) mass is 234 g/mol. The summed E-state index contributed by atoms with van der Waals surface area (Å²) in [6.45, 7) is 0. The molecule has 2 aromatic heterocycles. The molecule has 3 rings (SSSR count). The second-order valence-corrected chi connectivity index (χ2v) is 4.22. The summed E-state index contributed by atoms with van der Waals surface area (Å²) in [7, 11) is 0. The third-order valence-electron chi connectivity index (χ3n) is 2.13. The van der Waals surface area contributed by atoms with Gasteiger partial charge in [0.05, 0.1) is 17.2 Å². The Labute approximate surface area is 94.6 Å². The fraction of sp³-hybridized carbons (Fsp3) is 0. The number of aromatic nitrogens is 2. The number of hydrogen-bond donors (Lipinski definition) is 0. The number of hydrogen-bond acceptors (Lipinski definition) is 4. The number of oxazole rings is 1. The van der Waals surface area contributed by atoms with Gasteiger partial charge in [-0.3, -0.25) is 9.55 Å². The Hall–Kier alpha value is -1.46. The predicted octanol–water partition coefficient (Wildman–Crippen LogP) is 3.41. The van der Waals surface area contributed by atoms with Gasteiger partial charge in [-0.25, -0.2) is 0 Å². The first-order valence-electron chi connectivity index (χ1n) is 4.36. The van der Waals surface area contributed by atoms with Crippen molar-refractivity contribution in [1.82, 2.24) is 9.55 Å². The van der Waals surface area contributed by atoms with E-state index >= 15 is 0 Å². The van der Waals surface area contributed by atoms with Gasteiger partial charge >= 0.3 is 0 Å². The van der Waals surface area contributed by atoms with Crippen LogP contribution in [0.4, 0.5) is 0 Å². The SMILES string of the molecule is S=c1oc2ccccc2n1-c1cncs1. The number of nitrogens with zero attached hydrogens (tertiary/aromatic N) is 2. The number of fused-ring (bicyclic) bond motifs is 1. The molecule has 0 N–H and O–H groups in total. The molecule has 0 fully saturated rings. The molecule has 0 atom stereocenters. The normalized spacial score (nSPS) is 10.9. The summed E-state index contributed by atoms with van der Waals surface area (Å²) in [4.78, 5) is 4.49. The van der Waals surface area contributed by atoms with Gasteiger partial charge in [0.2, 0.25) is 0 Å². The summed E-state index contributed by atoms with van der Waals surface area (Å²) >= 11 is 6.71. The number of thiazole rings is 1. The average molecular weight is 234 g/mol. The third kappa shape index (κ3) is 1.32. The van der Waals surface area contributed by atoms with Crippen molar-refractivity contribution in [2.24, 2.45) is 0 Å². The number of para-hydroxylation sites is 2. The van der Waals surface area contributed by atoms with E-state index in [9.17, 15) is 0 Å². The van der Waals surface area contributed by atoms with Gasteiger partial charge in [-0.2, -0.15) is 0 Å². The molecule has 0 saturated carbocycles. The van der Waals surface area contributed by atoms with Gasteiger partial charge in [-0.05, 0) is 24.4 Å². The minimum atomic E-state index is 0.459. The van der Waals surface area contributed by atoms with Crippen molar-refractivity contribution in [2.45, 2.75) is 0 Å². The Morgan fingerprint density at radius 2 is 2.20 bits per heavy atom. The van der Waals surface area contributed by atoms with Gasteiger partial charge in [0.1, 0.15) is 5.00 Å². The summed E-state index contributed by atoms with van der Waals surface area (Å²) in [6.07, 6.45) is 1.78. The van der Waals surface area contributed by atoms with Crippen molar-refractivity contribution in [3.8, 4) is 5.00 Å². The van der Waals surface area contributed by atoms with Crippen LogP contribution in [0.5, 0.6) is 0 Å². The van der Waals surface area contributed by atoms with Crippen molar-refractivity contribution in [3.63, 3.8) is 0 Å². The molecule has 0 bridgehead atoms. The molecule has 15 heavy (non-hydrogen) atoms. The van der Waals surface area contributed by atoms with Crippen molar-refractivity contribution in [1.29, 1.82) is 0 Å². The molecule has 5 heteroatoms. The highest BCUT2D eigenvalue weighted by atomic mass is 32.1. The van der Waals surface area contributed by atoms with Crippen LogP contribution in [0.2, 0.25) is 0 Å². The molecule has 0 aliphatic heterocycles. The van der Waals surface area contributed by atoms with Gasteiger partial charge in [-0.1, -0.05) is 12.1 Å². The molecule has 0 spiro atoms. The highest BCUT2D eigenvalue weighted by molar-refractivity contribution is 7.71. The Kier molecular flexibility index (Phi) is 1.93. The summed E-state index contributed by atoms with van der Waals surface area (Å²) < 4.78 is 7.37. The van der Waals surface area contributed by atoms with Crippen LogP contribution in [0.25, 0.3) is 16.1 Å². The van der Waals surface area contributed by atoms with E-state index in [0.717, 1.165) is 16.1 Å². The van der Waals surface area contributed by atoms with Crippen LogP contribution in [0, 0.1) is 4.84 Å². The highest BCUT2D eigenvalue weighted by Gasteiger charge is 2.08. The zero-order valence-corrected chi connectivity index (χ0v) is 9.22. The molecule has 1 aromatic carbocycles. The van der Waals surface area contributed by atoms with E-state index < -0.39 is 0 Å². The number of rotatable bonds is 1. The molecule has 74 valence electrons. The van der Waals surface area contributed by atoms with E-state index in [1.807, 2.05) is 28.8 Å². The van der Waals surface area contributed by atoms with Gasteiger partial charge in [0, 0.05) is 0 Å². The van der Waals surface area contributed by atoms with Gasteiger partial charge < -0.3 is 4.42 Å². The Bertz CT molecular complexity index is 651. The van der Waals surface area contributed by atoms with E-state index in [1.165, 1.54) is 11.3 Å². The molecular formula is C10H6N2OS2. The van der Waals surface area contributed by atoms with E-state index in [0.29, 0.717) is 4.84 Å². The van der Waals surface area contributed by atoms with Gasteiger partial charge in [-0.15, -0.1) is 11.3 Å². The molecule has 0 radical (unpaired) electrons. The minimum Gasteiger partial charge on any atom is -0.429 e. The van der Waals surface area contributed by atoms with Gasteiger partial charge in [0.25, 0.3) is 4.84 Å². The first kappa shape index (κ1) is 8.82. The van der Waals surface area contributed by atoms with Crippen LogP contribution in [-0.2, 0) is 0 Å². The smallest absolute Gasteiger partial charge is 0.275 e. The Balaban J connectivity index is 2.44. The van der Waals surface area contributed by atoms with E-state index in [-0.39, 0.29) is 0 Å². The largest absolute Gasteiger partial charge is 0.429 e. The molecule has 2 heterocycles. The zero-order chi connectivity index (χ0) is 10.3. The lowest BCUT2D eigenvalue weighted by Crippen LogP contribution is -1.88. The topological polar surface area (TPSA) is 31.0 Å². The van der Waals surface area contributed by atoms with Crippen LogP contribution >= 0.6 is 23.6 Å². The zero-order valence-electron chi connectivity index (χ0n) is 7.58. The average Bonchev–Trinajstić information content (AvgIpc) is 2.82. The second-order valence-electron chi connectivity index (χ2n) is 3.01. The van der Waals surface area contributed by atoms with Crippen LogP contribution < -0.4 is 0 Å². The van der Waals surface area contributed by atoms with Crippen molar-refractivity contribution >= 4 is 34.7 Å². The van der Waals surface area contributed by atoms with E-state index in [1.54, 1.807) is 11.7 Å². The standard InChI is InChI=1S/C10H6N2OS2/c14-10-12(9-5-11-6-15-9)7-3-1-2-4-8(7)13-10/h1-6H. The van der Waals surface area contributed by atoms with Gasteiger partial charge in [0.15, 0.2) is 5.58 Å². The lowest BCUT2D eigenvalue weighted by Gasteiger charge is -1.96. The summed E-state index contributed by atoms with van der Waals surface area (Å²) in [5, 5.41) is 0.977. The van der Waals surface area contributed by atoms with E-state index in [2.05, 4.69) is 4.98 Å². The van der Waals surface area contributed by atoms with E-state index in [4.69, 9.17) is 16.6 Å². The second kappa shape index (κ2) is 3.29.